The quantitative estimate of drug-likeness (QED) is 0.0668. The standard InChI is InChI=1S/C33H30N2O4.C25H21NO5.C7H10N2/c1-22-8-14-27(35-32(37)33(16-17-33)25-13-15-30-31(19-25)39-21-38-30)20-28(22)23-9-11-24(12-10-23)29(36)7-4-6-26-5-2-3-18-34-26;1-15-2-8-19(13-20(15)16-3-5-17(6-4-16)23(27)28)26-24(29)25(10-11-25)18-7-9-21-22(12-18)31-14-30-21;8-5-4-7-3-1-2-6-9-7/h2-3,5,8-15,18-20H,4,6-7,16-17,21H2,1H3,(H,35,37);2-9,12-13H,10-11,14H2,1H3,(H,26,29)(H,27,28);1-3,6H,4-5,8H2. The number of nitrogens with two attached hydrogens (primary N) is 1. The molecule has 4 aliphatic rings. The number of carbonyl (C=O) groups is 4. The van der Waals surface area contributed by atoms with Gasteiger partial charge in [-0.1, -0.05) is 72.8 Å². The SMILES string of the molecule is Cc1ccc(NC(=O)C2(c3ccc4c(c3)OCO4)CC2)cc1-c1ccc(C(=O)CCCc2ccccn2)cc1.Cc1ccc(NC(=O)C2(c3ccc4c(c3)OCO4)CC2)cc1-c1ccc(C(=O)O)cc1.NCCc1ccccn1. The van der Waals surface area contributed by atoms with Crippen molar-refractivity contribution in [1.82, 2.24) is 9.97 Å². The third kappa shape index (κ3) is 12.4. The summed E-state index contributed by atoms with van der Waals surface area (Å²) in [5.41, 5.74) is 16.6. The van der Waals surface area contributed by atoms with Gasteiger partial charge in [0.25, 0.3) is 0 Å². The van der Waals surface area contributed by atoms with Gasteiger partial charge in [0.1, 0.15) is 0 Å². The molecule has 2 aromatic heterocycles. The van der Waals surface area contributed by atoms with E-state index in [0.717, 1.165) is 112 Å². The number of aromatic nitrogens is 2. The predicted molar refractivity (Wildman–Crippen MR) is 303 cm³/mol. The topological polar surface area (TPSA) is 201 Å². The van der Waals surface area contributed by atoms with Crippen molar-refractivity contribution in [2.45, 2.75) is 76.0 Å². The third-order valence-corrected chi connectivity index (χ3v) is 14.9. The number of carboxylic acid groups (broad SMARTS) is 1. The number of ether oxygens (including phenoxy) is 4. The van der Waals surface area contributed by atoms with Gasteiger partial charge in [-0.05, 0) is 188 Å². The molecular formula is C65H61N5O9. The lowest BCUT2D eigenvalue weighted by atomic mass is 9.94. The second kappa shape index (κ2) is 23.6. The molecule has 0 saturated heterocycles. The van der Waals surface area contributed by atoms with E-state index in [4.69, 9.17) is 29.8 Å². The fourth-order valence-corrected chi connectivity index (χ4v) is 9.90. The van der Waals surface area contributed by atoms with E-state index in [1.807, 2.05) is 147 Å². The number of amides is 2. The van der Waals surface area contributed by atoms with Crippen molar-refractivity contribution in [3.05, 3.63) is 215 Å². The summed E-state index contributed by atoms with van der Waals surface area (Å²) in [6, 6.07) is 49.4. The number of pyridine rings is 2. The molecule has 14 nitrogen and oxygen atoms in total. The van der Waals surface area contributed by atoms with Gasteiger partial charge < -0.3 is 40.4 Å². The lowest BCUT2D eigenvalue weighted by Gasteiger charge is -2.17. The molecule has 400 valence electrons. The molecule has 0 spiro atoms. The molecule has 2 aliphatic heterocycles. The van der Waals surface area contributed by atoms with E-state index in [1.165, 1.54) is 0 Å². The van der Waals surface area contributed by atoms with Crippen molar-refractivity contribution in [2.24, 2.45) is 5.73 Å². The van der Waals surface area contributed by atoms with Gasteiger partial charge in [-0.25, -0.2) is 4.79 Å². The van der Waals surface area contributed by atoms with Crippen molar-refractivity contribution in [3.8, 4) is 45.3 Å². The second-order valence-corrected chi connectivity index (χ2v) is 20.2. The molecular weight excluding hydrogens is 995 g/mol. The van der Waals surface area contributed by atoms with Crippen molar-refractivity contribution < 1.29 is 43.2 Å². The average molecular weight is 1060 g/mol. The summed E-state index contributed by atoms with van der Waals surface area (Å²) in [7, 11) is 0. The molecule has 0 unspecified atom stereocenters. The number of hydrogen-bond donors (Lipinski definition) is 4. The van der Waals surface area contributed by atoms with Gasteiger partial charge >= 0.3 is 5.97 Å². The van der Waals surface area contributed by atoms with Crippen LogP contribution in [0.15, 0.2) is 170 Å². The molecule has 2 saturated carbocycles. The zero-order valence-electron chi connectivity index (χ0n) is 44.1. The predicted octanol–water partition coefficient (Wildman–Crippen LogP) is 12.0. The molecule has 0 radical (unpaired) electrons. The second-order valence-electron chi connectivity index (χ2n) is 20.2. The number of rotatable bonds is 16. The Kier molecular flexibility index (Phi) is 15.9. The molecule has 5 N–H and O–H groups in total. The lowest BCUT2D eigenvalue weighted by molar-refractivity contribution is -0.119. The lowest BCUT2D eigenvalue weighted by Crippen LogP contribution is -2.27. The van der Waals surface area contributed by atoms with Gasteiger partial charge in [-0.2, -0.15) is 0 Å². The number of Topliss-reactive ketones (excluding diaryl/α,β-unsaturated/α-hetero) is 1. The number of ketones is 1. The molecule has 14 heteroatoms. The minimum atomic E-state index is -0.956. The van der Waals surface area contributed by atoms with Crippen LogP contribution < -0.4 is 35.3 Å². The van der Waals surface area contributed by atoms with Crippen LogP contribution in [-0.2, 0) is 33.3 Å². The Bertz CT molecular complexity index is 3510. The molecule has 8 aromatic rings. The first kappa shape index (κ1) is 53.3. The van der Waals surface area contributed by atoms with E-state index >= 15 is 0 Å². The number of hydrogen-bond acceptors (Lipinski definition) is 11. The fraction of sp³-hybridized carbons (Fsp3) is 0.231. The van der Waals surface area contributed by atoms with Gasteiger partial charge in [-0.3, -0.25) is 24.4 Å². The minimum Gasteiger partial charge on any atom is -0.478 e. The Morgan fingerprint density at radius 3 is 1.42 bits per heavy atom. The van der Waals surface area contributed by atoms with Crippen LogP contribution in [0.1, 0.15) is 92.9 Å². The zero-order chi connectivity index (χ0) is 54.9. The van der Waals surface area contributed by atoms with Gasteiger partial charge in [0.15, 0.2) is 28.8 Å². The summed E-state index contributed by atoms with van der Waals surface area (Å²) in [4.78, 5) is 58.8. The first-order valence-electron chi connectivity index (χ1n) is 26.5. The molecule has 2 fully saturated rings. The van der Waals surface area contributed by atoms with Crippen molar-refractivity contribution in [1.29, 1.82) is 0 Å². The number of benzene rings is 6. The van der Waals surface area contributed by atoms with Gasteiger partial charge in [0.05, 0.1) is 16.4 Å². The normalized spacial score (nSPS) is 14.3. The Balaban J connectivity index is 0.000000157. The zero-order valence-corrected chi connectivity index (χ0v) is 44.1. The summed E-state index contributed by atoms with van der Waals surface area (Å²) in [5.74, 6) is 1.92. The van der Waals surface area contributed by atoms with E-state index in [9.17, 15) is 19.2 Å². The highest BCUT2D eigenvalue weighted by molar-refractivity contribution is 6.03. The number of aryl methyl sites for hydroxylation is 3. The Labute approximate surface area is 459 Å². The maximum Gasteiger partial charge on any atom is 0.335 e. The Morgan fingerprint density at radius 1 is 0.532 bits per heavy atom. The van der Waals surface area contributed by atoms with Crippen LogP contribution in [-0.4, -0.2) is 58.8 Å². The number of aromatic carboxylic acids is 1. The summed E-state index contributed by atoms with van der Waals surface area (Å²) in [6.45, 7) is 5.13. The van der Waals surface area contributed by atoms with Crippen LogP contribution in [0.4, 0.5) is 11.4 Å². The molecule has 4 heterocycles. The smallest absolute Gasteiger partial charge is 0.335 e. The maximum absolute atomic E-state index is 13.4. The molecule has 6 aromatic carbocycles. The average Bonchev–Trinajstić information content (AvgIpc) is 4.57. The fourth-order valence-electron chi connectivity index (χ4n) is 9.90. The number of carboxylic acids is 1. The van der Waals surface area contributed by atoms with E-state index in [1.54, 1.807) is 36.7 Å². The van der Waals surface area contributed by atoms with Crippen molar-refractivity contribution in [3.63, 3.8) is 0 Å². The van der Waals surface area contributed by atoms with Gasteiger partial charge in [-0.15, -0.1) is 0 Å². The largest absolute Gasteiger partial charge is 0.478 e. The number of carbonyl (C=O) groups excluding carboxylic acids is 3. The van der Waals surface area contributed by atoms with Crippen LogP contribution in [0.5, 0.6) is 23.0 Å². The maximum atomic E-state index is 13.4. The summed E-state index contributed by atoms with van der Waals surface area (Å²) in [5, 5.41) is 15.3. The van der Waals surface area contributed by atoms with Gasteiger partial charge in [0.2, 0.25) is 25.4 Å². The molecule has 2 amide bonds. The van der Waals surface area contributed by atoms with Crippen molar-refractivity contribution >= 4 is 34.9 Å². The number of nitrogens with one attached hydrogen (secondary N) is 2. The number of anilines is 2. The first-order valence-corrected chi connectivity index (χ1v) is 26.5. The van der Waals surface area contributed by atoms with E-state index < -0.39 is 16.8 Å². The Morgan fingerprint density at radius 2 is 0.987 bits per heavy atom. The molecule has 79 heavy (non-hydrogen) atoms. The van der Waals surface area contributed by atoms with E-state index in [2.05, 4.69) is 20.6 Å². The van der Waals surface area contributed by atoms with Crippen LogP contribution in [0, 0.1) is 13.8 Å². The molecule has 0 atom stereocenters. The number of fused-ring (bicyclic) bond motifs is 2. The van der Waals surface area contributed by atoms with Crippen LogP contribution in [0.25, 0.3) is 22.3 Å². The highest BCUT2D eigenvalue weighted by atomic mass is 16.7. The summed E-state index contributed by atoms with van der Waals surface area (Å²) < 4.78 is 21.8. The third-order valence-electron chi connectivity index (χ3n) is 14.9. The molecule has 0 bridgehead atoms. The summed E-state index contributed by atoms with van der Waals surface area (Å²) >= 11 is 0. The van der Waals surface area contributed by atoms with Crippen LogP contribution in [0.3, 0.4) is 0 Å². The van der Waals surface area contributed by atoms with E-state index in [0.29, 0.717) is 41.5 Å². The summed E-state index contributed by atoms with van der Waals surface area (Å²) in [6.07, 6.45) is 9.66. The Hall–Kier alpha value is -9.14. The van der Waals surface area contributed by atoms with Crippen LogP contribution >= 0.6 is 0 Å². The van der Waals surface area contributed by atoms with E-state index in [-0.39, 0.29) is 36.7 Å². The monoisotopic (exact) mass is 1060 g/mol. The molecule has 12 rings (SSSR count). The number of nitrogens with zero attached hydrogens (tertiary/aromatic N) is 2. The first-order chi connectivity index (χ1) is 38.4. The molecule has 2 aliphatic carbocycles. The minimum absolute atomic E-state index is 0.0113. The highest BCUT2D eigenvalue weighted by Gasteiger charge is 2.52. The van der Waals surface area contributed by atoms with Crippen LogP contribution in [0.2, 0.25) is 0 Å². The highest BCUT2D eigenvalue weighted by Crippen LogP contribution is 2.52. The van der Waals surface area contributed by atoms with Gasteiger partial charge in [0, 0.05) is 53.6 Å². The van der Waals surface area contributed by atoms with Crippen molar-refractivity contribution in [2.75, 3.05) is 30.8 Å².